The first-order valence-corrected chi connectivity index (χ1v) is 6.44. The van der Waals surface area contributed by atoms with Crippen molar-refractivity contribution in [2.45, 2.75) is 39.0 Å². The van der Waals surface area contributed by atoms with Gasteiger partial charge in [-0.1, -0.05) is 0 Å². The summed E-state index contributed by atoms with van der Waals surface area (Å²) in [5, 5.41) is 0. The second-order valence-electron chi connectivity index (χ2n) is 5.75. The van der Waals surface area contributed by atoms with Crippen LogP contribution < -0.4 is 0 Å². The number of rotatable bonds is 3. The van der Waals surface area contributed by atoms with E-state index in [2.05, 4.69) is 6.92 Å². The number of hydrogen-bond acceptors (Lipinski definition) is 1. The maximum Gasteiger partial charge on any atom is 0.0499 e. The van der Waals surface area contributed by atoms with Gasteiger partial charge in [-0.05, 0) is 68.6 Å². The summed E-state index contributed by atoms with van der Waals surface area (Å²) in [6.45, 7) is 4.09. The van der Waals surface area contributed by atoms with E-state index in [-0.39, 0.29) is 0 Å². The van der Waals surface area contributed by atoms with E-state index in [0.29, 0.717) is 0 Å². The fraction of sp³-hybridized carbons (Fsp3) is 1.00. The van der Waals surface area contributed by atoms with Gasteiger partial charge in [-0.2, -0.15) is 0 Å². The van der Waals surface area contributed by atoms with Crippen LogP contribution in [0.15, 0.2) is 0 Å². The molecule has 14 heavy (non-hydrogen) atoms. The third-order valence-electron chi connectivity index (χ3n) is 4.94. The van der Waals surface area contributed by atoms with Gasteiger partial charge in [0.15, 0.2) is 0 Å². The highest BCUT2D eigenvalue weighted by atomic mass is 16.5. The molecule has 0 saturated heterocycles. The Hall–Kier alpha value is -0.0400. The lowest BCUT2D eigenvalue weighted by molar-refractivity contribution is -0.0699. The summed E-state index contributed by atoms with van der Waals surface area (Å²) in [5.41, 5.74) is 0. The van der Waals surface area contributed by atoms with Crippen molar-refractivity contribution in [2.24, 2.45) is 29.6 Å². The molecule has 0 amide bonds. The smallest absolute Gasteiger partial charge is 0.0499 e. The Kier molecular flexibility index (Phi) is 2.31. The van der Waals surface area contributed by atoms with Gasteiger partial charge in [-0.3, -0.25) is 0 Å². The van der Waals surface area contributed by atoms with Crippen molar-refractivity contribution >= 4 is 0 Å². The van der Waals surface area contributed by atoms with Crippen LogP contribution in [0.3, 0.4) is 0 Å². The quantitative estimate of drug-likeness (QED) is 0.671. The van der Waals surface area contributed by atoms with Crippen LogP contribution in [0.5, 0.6) is 0 Å². The molecular formula is C13H22O. The van der Waals surface area contributed by atoms with Gasteiger partial charge >= 0.3 is 0 Å². The SMILES string of the molecule is CCOCC1C2CC3CC(C2)CC1C3. The molecule has 0 radical (unpaired) electrons. The Morgan fingerprint density at radius 1 is 0.929 bits per heavy atom. The summed E-state index contributed by atoms with van der Waals surface area (Å²) < 4.78 is 5.66. The zero-order valence-electron chi connectivity index (χ0n) is 9.24. The van der Waals surface area contributed by atoms with Crippen LogP contribution in [0.25, 0.3) is 0 Å². The van der Waals surface area contributed by atoms with E-state index in [1.54, 1.807) is 6.42 Å². The minimum atomic E-state index is 0.906. The van der Waals surface area contributed by atoms with Gasteiger partial charge in [-0.25, -0.2) is 0 Å². The van der Waals surface area contributed by atoms with Crippen LogP contribution in [0.2, 0.25) is 0 Å². The lowest BCUT2D eigenvalue weighted by Gasteiger charge is -2.54. The Bertz CT molecular complexity index is 183. The van der Waals surface area contributed by atoms with E-state index >= 15 is 0 Å². The normalized spacial score (nSPS) is 49.9. The second-order valence-corrected chi connectivity index (χ2v) is 5.75. The number of ether oxygens (including phenoxy) is 1. The van der Waals surface area contributed by atoms with Gasteiger partial charge in [0.1, 0.15) is 0 Å². The zero-order chi connectivity index (χ0) is 9.54. The standard InChI is InChI=1S/C13H22O/c1-2-14-8-13-11-4-9-3-10(6-11)7-12(13)5-9/h9-13H,2-8H2,1H3. The first-order chi connectivity index (χ1) is 6.86. The second kappa shape index (κ2) is 3.52. The lowest BCUT2D eigenvalue weighted by atomic mass is 9.52. The maximum absolute atomic E-state index is 5.66. The van der Waals surface area contributed by atoms with Crippen molar-refractivity contribution in [2.75, 3.05) is 13.2 Å². The zero-order valence-corrected chi connectivity index (χ0v) is 9.24. The highest BCUT2D eigenvalue weighted by Gasteiger charge is 2.47. The topological polar surface area (TPSA) is 9.23 Å². The summed E-state index contributed by atoms with van der Waals surface area (Å²) in [6, 6.07) is 0. The molecule has 4 fully saturated rings. The molecular weight excluding hydrogens is 172 g/mol. The third-order valence-corrected chi connectivity index (χ3v) is 4.94. The molecule has 0 atom stereocenters. The Balaban J connectivity index is 1.69. The largest absolute Gasteiger partial charge is 0.381 e. The Morgan fingerprint density at radius 3 is 2.00 bits per heavy atom. The number of hydrogen-bond donors (Lipinski definition) is 0. The van der Waals surface area contributed by atoms with Gasteiger partial charge in [-0.15, -0.1) is 0 Å². The average Bonchev–Trinajstić information content (AvgIpc) is 2.15. The minimum Gasteiger partial charge on any atom is -0.381 e. The molecule has 1 nitrogen and oxygen atoms in total. The molecule has 4 saturated carbocycles. The summed E-state index contributed by atoms with van der Waals surface area (Å²) in [6.07, 6.45) is 7.69. The molecule has 4 bridgehead atoms. The van der Waals surface area contributed by atoms with Crippen LogP contribution in [0, 0.1) is 29.6 Å². The molecule has 1 heteroatoms. The van der Waals surface area contributed by atoms with E-state index in [0.717, 1.165) is 42.8 Å². The lowest BCUT2D eigenvalue weighted by Crippen LogP contribution is -2.46. The first-order valence-electron chi connectivity index (χ1n) is 6.44. The third kappa shape index (κ3) is 1.41. The molecule has 4 rings (SSSR count). The molecule has 4 aliphatic rings. The van der Waals surface area contributed by atoms with Gasteiger partial charge in [0, 0.05) is 13.2 Å². The monoisotopic (exact) mass is 194 g/mol. The molecule has 0 aromatic rings. The molecule has 0 heterocycles. The van der Waals surface area contributed by atoms with Crippen molar-refractivity contribution in [1.29, 1.82) is 0 Å². The highest BCUT2D eigenvalue weighted by Crippen LogP contribution is 2.56. The van der Waals surface area contributed by atoms with E-state index < -0.39 is 0 Å². The summed E-state index contributed by atoms with van der Waals surface area (Å²) in [4.78, 5) is 0. The summed E-state index contributed by atoms with van der Waals surface area (Å²) in [5.74, 6) is 5.23. The van der Waals surface area contributed by atoms with E-state index in [4.69, 9.17) is 4.74 Å². The van der Waals surface area contributed by atoms with Crippen LogP contribution in [-0.4, -0.2) is 13.2 Å². The van der Waals surface area contributed by atoms with E-state index in [9.17, 15) is 0 Å². The molecule has 0 aromatic carbocycles. The molecule has 0 spiro atoms. The molecule has 0 unspecified atom stereocenters. The molecule has 0 aromatic heterocycles. The van der Waals surface area contributed by atoms with E-state index in [1.807, 2.05) is 0 Å². The van der Waals surface area contributed by atoms with Gasteiger partial charge in [0.2, 0.25) is 0 Å². The average molecular weight is 194 g/mol. The summed E-state index contributed by atoms with van der Waals surface area (Å²) >= 11 is 0. The molecule has 80 valence electrons. The van der Waals surface area contributed by atoms with Crippen molar-refractivity contribution in [3.63, 3.8) is 0 Å². The van der Waals surface area contributed by atoms with Crippen LogP contribution >= 0.6 is 0 Å². The van der Waals surface area contributed by atoms with Crippen molar-refractivity contribution in [3.8, 4) is 0 Å². The van der Waals surface area contributed by atoms with Crippen LogP contribution in [0.4, 0.5) is 0 Å². The molecule has 0 N–H and O–H groups in total. The Morgan fingerprint density at radius 2 is 1.50 bits per heavy atom. The fourth-order valence-electron chi connectivity index (χ4n) is 4.56. The minimum absolute atomic E-state index is 0.906. The molecule has 4 aliphatic carbocycles. The molecule has 0 aliphatic heterocycles. The maximum atomic E-state index is 5.66. The van der Waals surface area contributed by atoms with Gasteiger partial charge in [0.25, 0.3) is 0 Å². The van der Waals surface area contributed by atoms with Crippen molar-refractivity contribution in [3.05, 3.63) is 0 Å². The van der Waals surface area contributed by atoms with Gasteiger partial charge < -0.3 is 4.74 Å². The summed E-state index contributed by atoms with van der Waals surface area (Å²) in [7, 11) is 0. The van der Waals surface area contributed by atoms with Gasteiger partial charge in [0.05, 0.1) is 0 Å². The van der Waals surface area contributed by atoms with Crippen LogP contribution in [-0.2, 0) is 4.74 Å². The Labute approximate surface area is 87.2 Å². The van der Waals surface area contributed by atoms with Crippen molar-refractivity contribution < 1.29 is 4.74 Å². The highest BCUT2D eigenvalue weighted by molar-refractivity contribution is 4.97. The first kappa shape index (κ1) is 9.21. The van der Waals surface area contributed by atoms with Crippen molar-refractivity contribution in [1.82, 2.24) is 0 Å². The van der Waals surface area contributed by atoms with E-state index in [1.165, 1.54) is 25.7 Å². The fourth-order valence-corrected chi connectivity index (χ4v) is 4.56. The van der Waals surface area contributed by atoms with Crippen LogP contribution in [0.1, 0.15) is 39.0 Å². The predicted octanol–water partition coefficient (Wildman–Crippen LogP) is 3.10. The predicted molar refractivity (Wildman–Crippen MR) is 57.0 cm³/mol.